The van der Waals surface area contributed by atoms with Gasteiger partial charge in [0.2, 0.25) is 10.0 Å². The summed E-state index contributed by atoms with van der Waals surface area (Å²) in [5, 5.41) is 3.43. The summed E-state index contributed by atoms with van der Waals surface area (Å²) in [5.41, 5.74) is 0.847. The van der Waals surface area contributed by atoms with Crippen LogP contribution in [0.5, 0.6) is 0 Å². The SMILES string of the molecule is CC(C)N(CC1CCCCN1)S(=O)(=O)Cc1ccccc1. The number of rotatable bonds is 6. The van der Waals surface area contributed by atoms with Crippen molar-refractivity contribution in [1.82, 2.24) is 9.62 Å². The van der Waals surface area contributed by atoms with Crippen LogP contribution in [0, 0.1) is 0 Å². The highest BCUT2D eigenvalue weighted by Crippen LogP contribution is 2.17. The third-order valence-electron chi connectivity index (χ3n) is 3.94. The number of hydrogen-bond donors (Lipinski definition) is 1. The average Bonchev–Trinajstić information content (AvgIpc) is 2.46. The Morgan fingerprint density at radius 3 is 2.52 bits per heavy atom. The second-order valence-corrected chi connectivity index (χ2v) is 7.97. The van der Waals surface area contributed by atoms with Gasteiger partial charge in [-0.1, -0.05) is 36.8 Å². The fraction of sp³-hybridized carbons (Fsp3) is 0.625. The highest BCUT2D eigenvalue weighted by molar-refractivity contribution is 7.88. The van der Waals surface area contributed by atoms with E-state index in [0.717, 1.165) is 18.5 Å². The number of hydrogen-bond acceptors (Lipinski definition) is 3. The zero-order valence-corrected chi connectivity index (χ0v) is 13.8. The molecule has 1 N–H and O–H groups in total. The van der Waals surface area contributed by atoms with Gasteiger partial charge in [0.15, 0.2) is 0 Å². The Morgan fingerprint density at radius 1 is 1.24 bits per heavy atom. The van der Waals surface area contributed by atoms with Crippen molar-refractivity contribution in [2.24, 2.45) is 0 Å². The summed E-state index contributed by atoms with van der Waals surface area (Å²) >= 11 is 0. The van der Waals surface area contributed by atoms with Gasteiger partial charge >= 0.3 is 0 Å². The highest BCUT2D eigenvalue weighted by atomic mass is 32.2. The molecular formula is C16H26N2O2S. The van der Waals surface area contributed by atoms with Crippen molar-refractivity contribution in [2.75, 3.05) is 13.1 Å². The van der Waals surface area contributed by atoms with Crippen molar-refractivity contribution in [2.45, 2.75) is 50.9 Å². The lowest BCUT2D eigenvalue weighted by atomic mass is 10.1. The van der Waals surface area contributed by atoms with Crippen molar-refractivity contribution in [3.05, 3.63) is 35.9 Å². The molecular weight excluding hydrogens is 284 g/mol. The molecule has 21 heavy (non-hydrogen) atoms. The van der Waals surface area contributed by atoms with E-state index in [2.05, 4.69) is 5.32 Å². The van der Waals surface area contributed by atoms with E-state index in [1.54, 1.807) is 4.31 Å². The molecule has 0 bridgehead atoms. The maximum Gasteiger partial charge on any atom is 0.218 e. The van der Waals surface area contributed by atoms with E-state index in [0.29, 0.717) is 6.54 Å². The number of benzene rings is 1. The van der Waals surface area contributed by atoms with Crippen LogP contribution in [-0.2, 0) is 15.8 Å². The van der Waals surface area contributed by atoms with Crippen LogP contribution >= 0.6 is 0 Å². The largest absolute Gasteiger partial charge is 0.313 e. The van der Waals surface area contributed by atoms with Gasteiger partial charge in [0.1, 0.15) is 0 Å². The molecule has 1 saturated heterocycles. The van der Waals surface area contributed by atoms with E-state index in [-0.39, 0.29) is 17.8 Å². The Hall–Kier alpha value is -0.910. The molecule has 5 heteroatoms. The van der Waals surface area contributed by atoms with Gasteiger partial charge in [0, 0.05) is 18.6 Å². The Labute approximate surface area is 128 Å². The lowest BCUT2D eigenvalue weighted by molar-refractivity contribution is 0.282. The molecule has 1 unspecified atom stereocenters. The number of nitrogens with zero attached hydrogens (tertiary/aromatic N) is 1. The normalized spacial score (nSPS) is 20.1. The summed E-state index contributed by atoms with van der Waals surface area (Å²) < 4.78 is 27.1. The standard InChI is InChI=1S/C16H26N2O2S/c1-14(2)18(12-16-10-6-7-11-17-16)21(19,20)13-15-8-4-3-5-9-15/h3-5,8-9,14,16-17H,6-7,10-13H2,1-2H3. The molecule has 0 aromatic heterocycles. The van der Waals surface area contributed by atoms with Crippen molar-refractivity contribution in [3.63, 3.8) is 0 Å². The van der Waals surface area contributed by atoms with E-state index < -0.39 is 10.0 Å². The molecule has 118 valence electrons. The van der Waals surface area contributed by atoms with Gasteiger partial charge < -0.3 is 5.32 Å². The van der Waals surface area contributed by atoms with Crippen LogP contribution in [0.1, 0.15) is 38.7 Å². The maximum absolute atomic E-state index is 12.7. The van der Waals surface area contributed by atoms with E-state index in [1.165, 1.54) is 12.8 Å². The van der Waals surface area contributed by atoms with Crippen LogP contribution < -0.4 is 5.32 Å². The fourth-order valence-electron chi connectivity index (χ4n) is 2.81. The van der Waals surface area contributed by atoms with E-state index in [1.807, 2.05) is 44.2 Å². The molecule has 1 aromatic rings. The summed E-state index contributed by atoms with van der Waals surface area (Å²) in [7, 11) is -3.28. The quantitative estimate of drug-likeness (QED) is 0.877. The Balaban J connectivity index is 2.08. The molecule has 1 fully saturated rings. The minimum Gasteiger partial charge on any atom is -0.313 e. The smallest absolute Gasteiger partial charge is 0.218 e. The van der Waals surface area contributed by atoms with Gasteiger partial charge in [0.05, 0.1) is 5.75 Å². The summed E-state index contributed by atoms with van der Waals surface area (Å²) in [5.74, 6) is 0.0821. The van der Waals surface area contributed by atoms with Crippen LogP contribution in [0.3, 0.4) is 0 Å². The minimum absolute atomic E-state index is 0.0116. The first-order valence-electron chi connectivity index (χ1n) is 7.76. The van der Waals surface area contributed by atoms with Crippen molar-refractivity contribution < 1.29 is 8.42 Å². The summed E-state index contributed by atoms with van der Waals surface area (Å²) in [6, 6.07) is 9.68. The van der Waals surface area contributed by atoms with Gasteiger partial charge in [-0.15, -0.1) is 0 Å². The van der Waals surface area contributed by atoms with Crippen LogP contribution in [-0.4, -0.2) is 37.9 Å². The third kappa shape index (κ3) is 4.80. The summed E-state index contributed by atoms with van der Waals surface area (Å²) in [6.07, 6.45) is 3.43. The number of nitrogens with one attached hydrogen (secondary N) is 1. The second kappa shape index (κ2) is 7.38. The molecule has 0 amide bonds. The van der Waals surface area contributed by atoms with E-state index in [9.17, 15) is 8.42 Å². The lowest BCUT2D eigenvalue weighted by Crippen LogP contribution is -2.48. The molecule has 0 saturated carbocycles. The fourth-order valence-corrected chi connectivity index (χ4v) is 4.64. The Kier molecular flexibility index (Phi) is 5.79. The van der Waals surface area contributed by atoms with Crippen LogP contribution in [0.4, 0.5) is 0 Å². The molecule has 1 aromatic carbocycles. The zero-order valence-electron chi connectivity index (χ0n) is 13.0. The van der Waals surface area contributed by atoms with Gasteiger partial charge in [-0.05, 0) is 38.8 Å². The molecule has 1 atom stereocenters. The highest BCUT2D eigenvalue weighted by Gasteiger charge is 2.28. The average molecular weight is 310 g/mol. The Bertz CT molecular complexity index is 522. The third-order valence-corrected chi connectivity index (χ3v) is 5.92. The van der Waals surface area contributed by atoms with Gasteiger partial charge in [-0.3, -0.25) is 0 Å². The van der Waals surface area contributed by atoms with Gasteiger partial charge in [0.25, 0.3) is 0 Å². The molecule has 1 aliphatic heterocycles. The summed E-state index contributed by atoms with van der Waals surface area (Å²) in [4.78, 5) is 0. The lowest BCUT2D eigenvalue weighted by Gasteiger charge is -2.32. The molecule has 1 aliphatic rings. The maximum atomic E-state index is 12.7. The predicted molar refractivity (Wildman–Crippen MR) is 86.5 cm³/mol. The van der Waals surface area contributed by atoms with E-state index >= 15 is 0 Å². The topological polar surface area (TPSA) is 49.4 Å². The number of piperidine rings is 1. The van der Waals surface area contributed by atoms with Crippen LogP contribution in [0.15, 0.2) is 30.3 Å². The van der Waals surface area contributed by atoms with E-state index in [4.69, 9.17) is 0 Å². The first kappa shape index (κ1) is 16.5. The minimum atomic E-state index is -3.28. The monoisotopic (exact) mass is 310 g/mol. The van der Waals surface area contributed by atoms with Gasteiger partial charge in [-0.25, -0.2) is 8.42 Å². The first-order valence-corrected chi connectivity index (χ1v) is 9.37. The van der Waals surface area contributed by atoms with Crippen molar-refractivity contribution in [1.29, 1.82) is 0 Å². The van der Waals surface area contributed by atoms with Gasteiger partial charge in [-0.2, -0.15) is 4.31 Å². The van der Waals surface area contributed by atoms with Crippen LogP contribution in [0.25, 0.3) is 0 Å². The number of sulfonamides is 1. The predicted octanol–water partition coefficient (Wildman–Crippen LogP) is 2.37. The van der Waals surface area contributed by atoms with Crippen molar-refractivity contribution in [3.8, 4) is 0 Å². The molecule has 0 spiro atoms. The zero-order chi connectivity index (χ0) is 15.3. The molecule has 2 rings (SSSR count). The molecule has 1 heterocycles. The first-order chi connectivity index (χ1) is 9.99. The Morgan fingerprint density at radius 2 is 1.95 bits per heavy atom. The molecule has 0 aliphatic carbocycles. The van der Waals surface area contributed by atoms with Crippen LogP contribution in [0.2, 0.25) is 0 Å². The molecule has 4 nitrogen and oxygen atoms in total. The van der Waals surface area contributed by atoms with Crippen molar-refractivity contribution >= 4 is 10.0 Å². The summed E-state index contributed by atoms with van der Waals surface area (Å²) in [6.45, 7) is 5.47. The molecule has 0 radical (unpaired) electrons. The second-order valence-electron chi connectivity index (χ2n) is 6.05.